The normalized spacial score (nSPS) is 15.6. The van der Waals surface area contributed by atoms with Gasteiger partial charge in [-0.1, -0.05) is 28.1 Å². The van der Waals surface area contributed by atoms with Gasteiger partial charge in [-0.2, -0.15) is 0 Å². The molecular weight excluding hydrogens is 524 g/mol. The monoisotopic (exact) mass is 548 g/mol. The first-order chi connectivity index (χ1) is 16.4. The van der Waals surface area contributed by atoms with Crippen molar-refractivity contribution in [3.63, 3.8) is 0 Å². The minimum Gasteiger partial charge on any atom is -0.497 e. The molecule has 1 atom stereocenters. The molecule has 0 aliphatic carbocycles. The van der Waals surface area contributed by atoms with E-state index in [9.17, 15) is 13.2 Å². The van der Waals surface area contributed by atoms with Crippen LogP contribution in [0.3, 0.4) is 0 Å². The minimum absolute atomic E-state index is 0.0638. The number of morpholine rings is 1. The standard InChI is InChI=1S/C24H25BrN2O6S/c1-31-19-6-2-17(3-7-19)21(27-12-14-32-15-13-27)16-26-24(28)22-10-11-23(33-22)34(29,30)20-8-4-18(25)5-9-20/h2-11,21H,12-16H2,1H3,(H,26,28). The van der Waals surface area contributed by atoms with Crippen LogP contribution in [0.2, 0.25) is 0 Å². The van der Waals surface area contributed by atoms with Crippen molar-refractivity contribution in [1.82, 2.24) is 10.2 Å². The maximum atomic E-state index is 12.8. The van der Waals surface area contributed by atoms with E-state index in [4.69, 9.17) is 13.9 Å². The number of carbonyl (C=O) groups excluding carboxylic acids is 1. The first-order valence-electron chi connectivity index (χ1n) is 10.7. The zero-order valence-electron chi connectivity index (χ0n) is 18.6. The second kappa shape index (κ2) is 10.7. The Hall–Kier alpha value is -2.66. The van der Waals surface area contributed by atoms with Crippen LogP contribution in [0.1, 0.15) is 22.2 Å². The molecule has 0 saturated carbocycles. The molecule has 3 aromatic rings. The third-order valence-corrected chi connectivity index (χ3v) is 7.81. The maximum Gasteiger partial charge on any atom is 0.287 e. The lowest BCUT2D eigenvalue weighted by Crippen LogP contribution is -2.43. The number of hydrogen-bond acceptors (Lipinski definition) is 7. The highest BCUT2D eigenvalue weighted by atomic mass is 79.9. The van der Waals surface area contributed by atoms with Gasteiger partial charge < -0.3 is 19.2 Å². The van der Waals surface area contributed by atoms with Crippen molar-refractivity contribution in [3.8, 4) is 5.75 Å². The molecule has 4 rings (SSSR count). The molecule has 2 aromatic carbocycles. The van der Waals surface area contributed by atoms with Gasteiger partial charge in [0.2, 0.25) is 14.9 Å². The summed E-state index contributed by atoms with van der Waals surface area (Å²) in [6, 6.07) is 16.5. The Morgan fingerprint density at radius 2 is 1.74 bits per heavy atom. The summed E-state index contributed by atoms with van der Waals surface area (Å²) in [5, 5.41) is 2.61. The highest BCUT2D eigenvalue weighted by Crippen LogP contribution is 2.26. The van der Waals surface area contributed by atoms with E-state index in [2.05, 4.69) is 26.1 Å². The summed E-state index contributed by atoms with van der Waals surface area (Å²) in [6.45, 7) is 3.04. The molecule has 2 heterocycles. The molecule has 1 aromatic heterocycles. The van der Waals surface area contributed by atoms with Gasteiger partial charge in [-0.05, 0) is 54.1 Å². The fraction of sp³-hybridized carbons (Fsp3) is 0.292. The quantitative estimate of drug-likeness (QED) is 0.458. The highest BCUT2D eigenvalue weighted by Gasteiger charge is 2.26. The summed E-state index contributed by atoms with van der Waals surface area (Å²) in [5.74, 6) is 0.207. The van der Waals surface area contributed by atoms with Gasteiger partial charge in [0, 0.05) is 24.1 Å². The predicted molar refractivity (Wildman–Crippen MR) is 129 cm³/mol. The Morgan fingerprint density at radius 1 is 1.06 bits per heavy atom. The van der Waals surface area contributed by atoms with Crippen molar-refractivity contribution >= 4 is 31.7 Å². The maximum absolute atomic E-state index is 12.8. The zero-order valence-corrected chi connectivity index (χ0v) is 21.0. The molecule has 1 fully saturated rings. The van der Waals surface area contributed by atoms with Crippen LogP contribution in [0.15, 0.2) is 79.5 Å². The van der Waals surface area contributed by atoms with Crippen LogP contribution in [0.25, 0.3) is 0 Å². The number of furan rings is 1. The molecular formula is C24H25BrN2O6S. The Kier molecular flexibility index (Phi) is 7.72. The van der Waals surface area contributed by atoms with Crippen LogP contribution in [0, 0.1) is 0 Å². The fourth-order valence-corrected chi connectivity index (χ4v) is 5.20. The number of methoxy groups -OCH3 is 1. The number of carbonyl (C=O) groups is 1. The average Bonchev–Trinajstić information content (AvgIpc) is 3.37. The molecule has 34 heavy (non-hydrogen) atoms. The lowest BCUT2D eigenvalue weighted by Gasteiger charge is -2.34. The minimum atomic E-state index is -3.87. The highest BCUT2D eigenvalue weighted by molar-refractivity contribution is 9.10. The number of rotatable bonds is 8. The number of ether oxygens (including phenoxy) is 2. The summed E-state index contributed by atoms with van der Waals surface area (Å²) < 4.78 is 42.6. The summed E-state index contributed by atoms with van der Waals surface area (Å²) >= 11 is 3.29. The zero-order chi connectivity index (χ0) is 24.1. The van der Waals surface area contributed by atoms with Gasteiger partial charge in [-0.25, -0.2) is 8.42 Å². The summed E-state index contributed by atoms with van der Waals surface area (Å²) in [6.07, 6.45) is 0. The number of hydrogen-bond donors (Lipinski definition) is 1. The van der Waals surface area contributed by atoms with Crippen molar-refractivity contribution in [1.29, 1.82) is 0 Å². The van der Waals surface area contributed by atoms with E-state index in [-0.39, 0.29) is 21.8 Å². The lowest BCUT2D eigenvalue weighted by atomic mass is 10.0. The van der Waals surface area contributed by atoms with Gasteiger partial charge in [0.25, 0.3) is 5.91 Å². The van der Waals surface area contributed by atoms with Crippen LogP contribution in [0.5, 0.6) is 5.75 Å². The molecule has 8 nitrogen and oxygen atoms in total. The second-order valence-corrected chi connectivity index (χ2v) is 10.5. The summed E-state index contributed by atoms with van der Waals surface area (Å²) in [5.41, 5.74) is 1.03. The van der Waals surface area contributed by atoms with Gasteiger partial charge in [0.1, 0.15) is 5.75 Å². The molecule has 0 radical (unpaired) electrons. The van der Waals surface area contributed by atoms with Gasteiger partial charge in [-0.3, -0.25) is 9.69 Å². The Morgan fingerprint density at radius 3 is 2.38 bits per heavy atom. The molecule has 10 heteroatoms. The van der Waals surface area contributed by atoms with Gasteiger partial charge in [0.15, 0.2) is 5.76 Å². The van der Waals surface area contributed by atoms with Crippen LogP contribution >= 0.6 is 15.9 Å². The molecule has 180 valence electrons. The topological polar surface area (TPSA) is 98.1 Å². The van der Waals surface area contributed by atoms with Crippen LogP contribution in [-0.2, 0) is 14.6 Å². The van der Waals surface area contributed by atoms with E-state index in [1.54, 1.807) is 19.2 Å². The second-order valence-electron chi connectivity index (χ2n) is 7.72. The molecule has 0 spiro atoms. The number of amides is 1. The van der Waals surface area contributed by atoms with Crippen molar-refractivity contribution in [2.75, 3.05) is 40.0 Å². The van der Waals surface area contributed by atoms with Crippen molar-refractivity contribution in [3.05, 3.63) is 76.5 Å². The third kappa shape index (κ3) is 5.52. The van der Waals surface area contributed by atoms with Crippen molar-refractivity contribution < 1.29 is 27.1 Å². The number of nitrogens with zero attached hydrogens (tertiary/aromatic N) is 1. The molecule has 1 amide bonds. The van der Waals surface area contributed by atoms with E-state index in [1.807, 2.05) is 24.3 Å². The number of benzene rings is 2. The van der Waals surface area contributed by atoms with Gasteiger partial charge in [0.05, 0.1) is 31.3 Å². The summed E-state index contributed by atoms with van der Waals surface area (Å²) in [7, 11) is -2.25. The van der Waals surface area contributed by atoms with E-state index >= 15 is 0 Å². The summed E-state index contributed by atoms with van der Waals surface area (Å²) in [4.78, 5) is 15.2. The molecule has 0 bridgehead atoms. The van der Waals surface area contributed by atoms with Crippen LogP contribution in [-0.4, -0.2) is 59.2 Å². The fourth-order valence-electron chi connectivity index (χ4n) is 3.77. The molecule has 1 aliphatic heterocycles. The number of sulfone groups is 1. The Bertz CT molecular complexity index is 1220. The van der Waals surface area contributed by atoms with E-state index in [0.717, 1.165) is 28.9 Å². The first kappa shape index (κ1) is 24.5. The van der Waals surface area contributed by atoms with Gasteiger partial charge >= 0.3 is 0 Å². The molecule has 1 unspecified atom stereocenters. The number of nitrogens with one attached hydrogen (secondary N) is 1. The Labute approximate surface area is 206 Å². The molecule has 1 N–H and O–H groups in total. The molecule has 1 saturated heterocycles. The van der Waals surface area contributed by atoms with Gasteiger partial charge in [-0.15, -0.1) is 0 Å². The van der Waals surface area contributed by atoms with Crippen LogP contribution < -0.4 is 10.1 Å². The average molecular weight is 549 g/mol. The first-order valence-corrected chi connectivity index (χ1v) is 13.0. The van der Waals surface area contributed by atoms with Crippen molar-refractivity contribution in [2.45, 2.75) is 16.0 Å². The van der Waals surface area contributed by atoms with E-state index in [0.29, 0.717) is 19.8 Å². The lowest BCUT2D eigenvalue weighted by molar-refractivity contribution is 0.0161. The predicted octanol–water partition coefficient (Wildman–Crippen LogP) is 3.69. The molecule has 1 aliphatic rings. The Balaban J connectivity index is 1.48. The third-order valence-electron chi connectivity index (χ3n) is 5.64. The largest absolute Gasteiger partial charge is 0.497 e. The van der Waals surface area contributed by atoms with Crippen molar-refractivity contribution in [2.24, 2.45) is 0 Å². The number of halogens is 1. The van der Waals surface area contributed by atoms with E-state index in [1.165, 1.54) is 24.3 Å². The van der Waals surface area contributed by atoms with E-state index < -0.39 is 15.7 Å². The van der Waals surface area contributed by atoms with Crippen LogP contribution in [0.4, 0.5) is 0 Å². The SMILES string of the molecule is COc1ccc(C(CNC(=O)c2ccc(S(=O)(=O)c3ccc(Br)cc3)o2)N2CCOCC2)cc1. The smallest absolute Gasteiger partial charge is 0.287 e.